The third kappa shape index (κ3) is 4.74. The van der Waals surface area contributed by atoms with Crippen molar-refractivity contribution < 1.29 is 23.1 Å². The number of hydrogen-bond donors (Lipinski definition) is 1. The third-order valence-electron chi connectivity index (χ3n) is 9.30. The Bertz CT molecular complexity index is 1460. The van der Waals surface area contributed by atoms with E-state index < -0.39 is 23.7 Å². The van der Waals surface area contributed by atoms with Gasteiger partial charge in [-0.2, -0.15) is 13.2 Å². The zero-order valence-corrected chi connectivity index (χ0v) is 23.7. The molecule has 0 spiro atoms. The van der Waals surface area contributed by atoms with Crippen molar-refractivity contribution in [3.8, 4) is 0 Å². The van der Waals surface area contributed by atoms with E-state index in [-0.39, 0.29) is 29.7 Å². The van der Waals surface area contributed by atoms with Crippen molar-refractivity contribution >= 4 is 11.6 Å². The van der Waals surface area contributed by atoms with E-state index in [1.54, 1.807) is 18.5 Å². The molecule has 1 saturated carbocycles. The van der Waals surface area contributed by atoms with Gasteiger partial charge in [0.2, 0.25) is 0 Å². The topological polar surface area (TPSA) is 74.5 Å². The predicted octanol–water partition coefficient (Wildman–Crippen LogP) is 5.48. The van der Waals surface area contributed by atoms with Crippen LogP contribution < -0.4 is 4.90 Å². The normalized spacial score (nSPS) is 25.7. The number of nitrogens with zero attached hydrogens (tertiary/aromatic N) is 5. The van der Waals surface area contributed by atoms with Gasteiger partial charge in [0, 0.05) is 24.8 Å². The van der Waals surface area contributed by atoms with E-state index in [1.165, 1.54) is 4.90 Å². The fraction of sp³-hybridized carbons (Fsp3) is 0.516. The molecule has 2 aromatic carbocycles. The average molecular weight is 568 g/mol. The zero-order chi connectivity index (χ0) is 29.1. The number of carbonyl (C=O) groups is 1. The summed E-state index contributed by atoms with van der Waals surface area (Å²) in [6.07, 6.45) is 0.755. The van der Waals surface area contributed by atoms with Gasteiger partial charge in [-0.3, -0.25) is 9.69 Å². The maximum absolute atomic E-state index is 14.4. The second kappa shape index (κ2) is 10.2. The first kappa shape index (κ1) is 27.9. The number of alkyl halides is 3. The highest BCUT2D eigenvalue weighted by atomic mass is 19.4. The van der Waals surface area contributed by atoms with Crippen LogP contribution in [0.5, 0.6) is 0 Å². The van der Waals surface area contributed by atoms with Crippen LogP contribution >= 0.6 is 0 Å². The number of amides is 1. The van der Waals surface area contributed by atoms with Gasteiger partial charge in [0.05, 0.1) is 30.2 Å². The van der Waals surface area contributed by atoms with E-state index in [4.69, 9.17) is 0 Å². The van der Waals surface area contributed by atoms with E-state index in [9.17, 15) is 23.1 Å². The summed E-state index contributed by atoms with van der Waals surface area (Å²) >= 11 is 0. The summed E-state index contributed by atoms with van der Waals surface area (Å²) in [5.41, 5.74) is 0.753. The van der Waals surface area contributed by atoms with Gasteiger partial charge < -0.3 is 14.6 Å². The number of carbonyl (C=O) groups excluding carboxylic acids is 1. The molecular weight excluding hydrogens is 531 g/mol. The average Bonchev–Trinajstić information content (AvgIpc) is 3.49. The highest BCUT2D eigenvalue weighted by Gasteiger charge is 2.48. The number of aliphatic hydroxyl groups is 1. The summed E-state index contributed by atoms with van der Waals surface area (Å²) in [7, 11) is 1.91. The van der Waals surface area contributed by atoms with Crippen LogP contribution in [0, 0.1) is 11.8 Å². The fourth-order valence-corrected chi connectivity index (χ4v) is 7.39. The number of fused-ring (bicyclic) bond motifs is 1. The van der Waals surface area contributed by atoms with Crippen LogP contribution in [-0.2, 0) is 25.2 Å². The summed E-state index contributed by atoms with van der Waals surface area (Å²) < 4.78 is 45.2. The zero-order valence-electron chi connectivity index (χ0n) is 23.7. The van der Waals surface area contributed by atoms with Gasteiger partial charge in [0.25, 0.3) is 5.91 Å². The lowest BCUT2D eigenvalue weighted by Crippen LogP contribution is -2.43. The Morgan fingerprint density at radius 1 is 1.15 bits per heavy atom. The van der Waals surface area contributed by atoms with Crippen LogP contribution in [0.25, 0.3) is 0 Å². The first-order valence-corrected chi connectivity index (χ1v) is 14.4. The summed E-state index contributed by atoms with van der Waals surface area (Å²) in [6.45, 7) is 5.21. The Hall–Kier alpha value is -3.24. The SMILES string of the molecule is C[C@H]1CCCN(C(CO)c2cc3c(c(C(F)(F)F)c2)CN(c2cccc([C@]4(c5nncn5C)C[C@@H](C)C4)c2)C3=O)C1. The highest BCUT2D eigenvalue weighted by Crippen LogP contribution is 2.52. The molecule has 1 amide bonds. The molecular formula is C31H36F3N5O2. The van der Waals surface area contributed by atoms with Crippen molar-refractivity contribution in [1.29, 1.82) is 0 Å². The molecule has 10 heteroatoms. The Morgan fingerprint density at radius 3 is 2.56 bits per heavy atom. The second-order valence-corrected chi connectivity index (χ2v) is 12.3. The molecule has 2 atom stereocenters. The van der Waals surface area contributed by atoms with E-state index in [0.717, 1.165) is 43.1 Å². The van der Waals surface area contributed by atoms with Gasteiger partial charge in [-0.1, -0.05) is 26.0 Å². The first-order chi connectivity index (χ1) is 19.5. The summed E-state index contributed by atoms with van der Waals surface area (Å²) in [5, 5.41) is 18.8. The maximum atomic E-state index is 14.4. The van der Waals surface area contributed by atoms with E-state index in [0.29, 0.717) is 36.2 Å². The molecule has 1 saturated heterocycles. The number of benzene rings is 2. The van der Waals surface area contributed by atoms with Crippen molar-refractivity contribution in [2.45, 2.75) is 63.7 Å². The molecule has 0 radical (unpaired) electrons. The Balaban J connectivity index is 1.38. The van der Waals surface area contributed by atoms with Crippen molar-refractivity contribution in [1.82, 2.24) is 19.7 Å². The number of piperidine rings is 1. The molecule has 2 aliphatic heterocycles. The molecule has 218 valence electrons. The Morgan fingerprint density at radius 2 is 1.93 bits per heavy atom. The van der Waals surface area contributed by atoms with Crippen molar-refractivity contribution in [3.63, 3.8) is 0 Å². The number of aromatic nitrogens is 3. The number of aliphatic hydroxyl groups excluding tert-OH is 1. The second-order valence-electron chi connectivity index (χ2n) is 12.3. The number of halogens is 3. The molecule has 41 heavy (non-hydrogen) atoms. The summed E-state index contributed by atoms with van der Waals surface area (Å²) in [4.78, 5) is 17.3. The molecule has 3 heterocycles. The number of likely N-dealkylation sites (tertiary alicyclic amines) is 1. The smallest absolute Gasteiger partial charge is 0.394 e. The van der Waals surface area contributed by atoms with Gasteiger partial charge in [-0.25, -0.2) is 0 Å². The molecule has 3 aromatic rings. The minimum absolute atomic E-state index is 0.0133. The van der Waals surface area contributed by atoms with Crippen molar-refractivity contribution in [3.05, 3.63) is 76.4 Å². The highest BCUT2D eigenvalue weighted by molar-refractivity contribution is 6.10. The molecule has 1 aromatic heterocycles. The number of aryl methyl sites for hydroxylation is 1. The number of rotatable bonds is 6. The number of anilines is 1. The lowest BCUT2D eigenvalue weighted by molar-refractivity contribution is -0.138. The number of hydrogen-bond acceptors (Lipinski definition) is 5. The van der Waals surface area contributed by atoms with E-state index in [1.807, 2.05) is 34.7 Å². The monoisotopic (exact) mass is 567 g/mol. The summed E-state index contributed by atoms with van der Waals surface area (Å²) in [5.74, 6) is 1.27. The molecule has 1 unspecified atom stereocenters. The lowest BCUT2D eigenvalue weighted by atomic mass is 9.58. The summed E-state index contributed by atoms with van der Waals surface area (Å²) in [6, 6.07) is 9.68. The van der Waals surface area contributed by atoms with Crippen LogP contribution in [0.3, 0.4) is 0 Å². The minimum Gasteiger partial charge on any atom is -0.394 e. The minimum atomic E-state index is -4.63. The van der Waals surface area contributed by atoms with Crippen LogP contribution in [0.1, 0.15) is 84.0 Å². The molecule has 7 nitrogen and oxygen atoms in total. The van der Waals surface area contributed by atoms with Gasteiger partial charge >= 0.3 is 6.18 Å². The van der Waals surface area contributed by atoms with Crippen molar-refractivity contribution in [2.75, 3.05) is 24.6 Å². The predicted molar refractivity (Wildman–Crippen MR) is 148 cm³/mol. The quantitative estimate of drug-likeness (QED) is 0.427. The van der Waals surface area contributed by atoms with Crippen LogP contribution in [0.2, 0.25) is 0 Å². The van der Waals surface area contributed by atoms with Gasteiger partial charge in [-0.15, -0.1) is 10.2 Å². The Labute approximate surface area is 238 Å². The first-order valence-electron chi connectivity index (χ1n) is 14.4. The fourth-order valence-electron chi connectivity index (χ4n) is 7.39. The molecule has 0 bridgehead atoms. The van der Waals surface area contributed by atoms with Crippen molar-refractivity contribution in [2.24, 2.45) is 18.9 Å². The largest absolute Gasteiger partial charge is 0.416 e. The third-order valence-corrected chi connectivity index (χ3v) is 9.30. The van der Waals surface area contributed by atoms with Gasteiger partial charge in [0.1, 0.15) is 12.2 Å². The van der Waals surface area contributed by atoms with E-state index in [2.05, 4.69) is 24.0 Å². The van der Waals surface area contributed by atoms with Crippen LogP contribution in [0.15, 0.2) is 42.7 Å². The lowest BCUT2D eigenvalue weighted by Gasteiger charge is -2.46. The van der Waals surface area contributed by atoms with Crippen LogP contribution in [0.4, 0.5) is 18.9 Å². The van der Waals surface area contributed by atoms with Gasteiger partial charge in [-0.05, 0) is 85.0 Å². The molecule has 1 aliphatic carbocycles. The maximum Gasteiger partial charge on any atom is 0.416 e. The molecule has 6 rings (SSSR count). The van der Waals surface area contributed by atoms with Gasteiger partial charge in [0.15, 0.2) is 0 Å². The standard InChI is InChI=1S/C31H36F3N5O2/c1-19-6-5-9-38(15-19)27(17-40)21-10-24-25(26(11-21)31(32,33)34)16-39(28(24)41)23-8-4-7-22(12-23)30(13-20(2)14-30)29-36-35-18-37(29)3/h4,7-8,10-12,18-20,27,40H,5-6,9,13-17H2,1-3H3/t19-,20-,27?,30+/m0/s1. The van der Waals surface area contributed by atoms with Crippen LogP contribution in [-0.4, -0.2) is 50.4 Å². The Kier molecular flexibility index (Phi) is 6.97. The van der Waals surface area contributed by atoms with E-state index >= 15 is 0 Å². The molecule has 1 N–H and O–H groups in total. The molecule has 2 fully saturated rings. The molecule has 3 aliphatic rings.